The highest BCUT2D eigenvalue weighted by Crippen LogP contribution is 2.32. The fourth-order valence-corrected chi connectivity index (χ4v) is 4.84. The van der Waals surface area contributed by atoms with E-state index in [1.54, 1.807) is 12.3 Å². The lowest BCUT2D eigenvalue weighted by atomic mass is 10.0. The lowest BCUT2D eigenvalue weighted by molar-refractivity contribution is -0.117. The van der Waals surface area contributed by atoms with Gasteiger partial charge in [0.2, 0.25) is 5.91 Å². The number of hydrogen-bond donors (Lipinski definition) is 3. The van der Waals surface area contributed by atoms with E-state index >= 15 is 0 Å². The van der Waals surface area contributed by atoms with E-state index in [0.717, 1.165) is 49.1 Å². The summed E-state index contributed by atoms with van der Waals surface area (Å²) in [7, 11) is 0. The molecule has 3 N–H and O–H groups in total. The summed E-state index contributed by atoms with van der Waals surface area (Å²) in [4.78, 5) is 36.6. The molecule has 9 heteroatoms. The Bertz CT molecular complexity index is 1450. The number of amides is 2. The molecule has 0 bridgehead atoms. The minimum atomic E-state index is -0.379. The van der Waals surface area contributed by atoms with Crippen molar-refractivity contribution in [1.29, 1.82) is 0 Å². The molecule has 0 spiro atoms. The maximum atomic E-state index is 13.2. The van der Waals surface area contributed by atoms with Crippen LogP contribution in [0, 0.1) is 5.92 Å². The standard InChI is InChI=1S/C28H29N7O2/c36-27(19-4-5-19)31-24-8-9-29-16-25(24)32-28(37)26-22-13-20(6-7-23(22)33-34-26)21-12-18(14-30-15-21)17-35-10-2-1-3-11-35/h6-9,12-16,19H,1-5,10-11,17H2,(H,32,37)(H,33,34)(H,29,31,36). The molecule has 0 atom stereocenters. The molecule has 188 valence electrons. The Labute approximate surface area is 214 Å². The Morgan fingerprint density at radius 3 is 2.62 bits per heavy atom. The molecular formula is C28H29N7O2. The predicted molar refractivity (Wildman–Crippen MR) is 142 cm³/mol. The molecule has 37 heavy (non-hydrogen) atoms. The molecule has 2 fully saturated rings. The van der Waals surface area contributed by atoms with Crippen molar-refractivity contribution >= 4 is 34.1 Å². The zero-order chi connectivity index (χ0) is 25.2. The second-order valence-corrected chi connectivity index (χ2v) is 9.89. The summed E-state index contributed by atoms with van der Waals surface area (Å²) < 4.78 is 0. The molecule has 0 radical (unpaired) electrons. The first-order chi connectivity index (χ1) is 18.1. The third-order valence-corrected chi connectivity index (χ3v) is 7.04. The van der Waals surface area contributed by atoms with Crippen molar-refractivity contribution in [3.8, 4) is 11.1 Å². The van der Waals surface area contributed by atoms with Crippen LogP contribution in [0.1, 0.15) is 48.2 Å². The molecule has 1 aliphatic heterocycles. The Morgan fingerprint density at radius 2 is 1.78 bits per heavy atom. The van der Waals surface area contributed by atoms with E-state index in [2.05, 4.69) is 41.8 Å². The molecule has 1 saturated heterocycles. The highest BCUT2D eigenvalue weighted by atomic mass is 16.2. The third kappa shape index (κ3) is 5.22. The number of nitrogens with one attached hydrogen (secondary N) is 3. The number of piperidine rings is 1. The second kappa shape index (κ2) is 10.1. The van der Waals surface area contributed by atoms with Gasteiger partial charge in [-0.2, -0.15) is 5.10 Å². The quantitative estimate of drug-likeness (QED) is 0.345. The number of likely N-dealkylation sites (tertiary alicyclic amines) is 1. The number of nitrogens with zero attached hydrogens (tertiary/aromatic N) is 4. The number of pyridine rings is 2. The molecule has 4 aromatic rings. The molecule has 1 aliphatic carbocycles. The summed E-state index contributed by atoms with van der Waals surface area (Å²) in [6, 6.07) is 9.76. The molecule has 1 aromatic carbocycles. The van der Waals surface area contributed by atoms with Gasteiger partial charge in [0.05, 0.1) is 23.1 Å². The summed E-state index contributed by atoms with van der Waals surface area (Å²) in [6.45, 7) is 3.16. The van der Waals surface area contributed by atoms with Gasteiger partial charge in [0.25, 0.3) is 5.91 Å². The van der Waals surface area contributed by atoms with Crippen LogP contribution in [0.2, 0.25) is 0 Å². The van der Waals surface area contributed by atoms with Crippen LogP contribution in [0.4, 0.5) is 11.4 Å². The smallest absolute Gasteiger partial charge is 0.276 e. The Balaban J connectivity index is 1.23. The maximum Gasteiger partial charge on any atom is 0.276 e. The van der Waals surface area contributed by atoms with Gasteiger partial charge in [-0.1, -0.05) is 12.5 Å². The van der Waals surface area contributed by atoms with Crippen molar-refractivity contribution in [1.82, 2.24) is 25.1 Å². The fourth-order valence-electron chi connectivity index (χ4n) is 4.84. The van der Waals surface area contributed by atoms with Gasteiger partial charge in [-0.15, -0.1) is 0 Å². The van der Waals surface area contributed by atoms with Crippen molar-refractivity contribution in [2.75, 3.05) is 23.7 Å². The first-order valence-electron chi connectivity index (χ1n) is 12.8. The Kier molecular flexibility index (Phi) is 6.36. The summed E-state index contributed by atoms with van der Waals surface area (Å²) in [5, 5.41) is 13.7. The van der Waals surface area contributed by atoms with Gasteiger partial charge < -0.3 is 10.6 Å². The van der Waals surface area contributed by atoms with E-state index in [0.29, 0.717) is 16.8 Å². The van der Waals surface area contributed by atoms with Gasteiger partial charge in [-0.05, 0) is 74.2 Å². The molecule has 4 heterocycles. The number of hydrogen-bond acceptors (Lipinski definition) is 6. The predicted octanol–water partition coefficient (Wildman–Crippen LogP) is 4.61. The van der Waals surface area contributed by atoms with E-state index in [-0.39, 0.29) is 23.4 Å². The summed E-state index contributed by atoms with van der Waals surface area (Å²) in [5.41, 5.74) is 5.15. The average molecular weight is 496 g/mol. The Hall–Kier alpha value is -4.11. The maximum absolute atomic E-state index is 13.2. The first kappa shape index (κ1) is 23.3. The van der Waals surface area contributed by atoms with Crippen LogP contribution in [0.3, 0.4) is 0 Å². The lowest BCUT2D eigenvalue weighted by Gasteiger charge is -2.26. The molecule has 3 aromatic heterocycles. The average Bonchev–Trinajstić information content (AvgIpc) is 3.69. The molecule has 6 rings (SSSR count). The van der Waals surface area contributed by atoms with E-state index < -0.39 is 0 Å². The second-order valence-electron chi connectivity index (χ2n) is 9.89. The normalized spacial score (nSPS) is 16.0. The number of fused-ring (bicyclic) bond motifs is 1. The van der Waals surface area contributed by atoms with Crippen molar-refractivity contribution in [2.24, 2.45) is 5.92 Å². The number of carbonyl (C=O) groups excluding carboxylic acids is 2. The van der Waals surface area contributed by atoms with Crippen LogP contribution in [0.15, 0.2) is 55.1 Å². The number of aromatic nitrogens is 4. The lowest BCUT2D eigenvalue weighted by Crippen LogP contribution is -2.29. The summed E-state index contributed by atoms with van der Waals surface area (Å²) >= 11 is 0. The number of anilines is 2. The number of rotatable bonds is 7. The van der Waals surface area contributed by atoms with Crippen molar-refractivity contribution < 1.29 is 9.59 Å². The van der Waals surface area contributed by atoms with Crippen LogP contribution in [-0.2, 0) is 11.3 Å². The van der Waals surface area contributed by atoms with Crippen LogP contribution in [-0.4, -0.2) is 50.0 Å². The van der Waals surface area contributed by atoms with Crippen LogP contribution in [0.5, 0.6) is 0 Å². The molecule has 2 aliphatic rings. The zero-order valence-electron chi connectivity index (χ0n) is 20.5. The van der Waals surface area contributed by atoms with E-state index in [9.17, 15) is 9.59 Å². The third-order valence-electron chi connectivity index (χ3n) is 7.04. The fraction of sp³-hybridized carbons (Fsp3) is 0.321. The largest absolute Gasteiger partial charge is 0.324 e. The first-order valence-corrected chi connectivity index (χ1v) is 12.8. The number of H-pyrrole nitrogens is 1. The highest BCUT2D eigenvalue weighted by molar-refractivity contribution is 6.13. The van der Waals surface area contributed by atoms with Gasteiger partial charge in [-0.3, -0.25) is 29.6 Å². The van der Waals surface area contributed by atoms with Crippen LogP contribution in [0.25, 0.3) is 22.0 Å². The molecule has 2 amide bonds. The molecule has 1 saturated carbocycles. The van der Waals surface area contributed by atoms with E-state index in [1.165, 1.54) is 31.0 Å². The molecule has 0 unspecified atom stereocenters. The zero-order valence-corrected chi connectivity index (χ0v) is 20.5. The van der Waals surface area contributed by atoms with Gasteiger partial charge in [0.1, 0.15) is 0 Å². The number of aromatic amines is 1. The summed E-state index contributed by atoms with van der Waals surface area (Å²) in [5.74, 6) is -0.360. The summed E-state index contributed by atoms with van der Waals surface area (Å²) in [6.07, 6.45) is 12.5. The van der Waals surface area contributed by atoms with Gasteiger partial charge in [0.15, 0.2) is 5.69 Å². The van der Waals surface area contributed by atoms with Crippen molar-refractivity contribution in [3.63, 3.8) is 0 Å². The minimum Gasteiger partial charge on any atom is -0.324 e. The van der Waals surface area contributed by atoms with E-state index in [4.69, 9.17) is 0 Å². The SMILES string of the molecule is O=C(Nc1cnccc1NC(=O)C1CC1)c1n[nH]c2ccc(-c3cncc(CN4CCCCC4)c3)cc12. The molecular weight excluding hydrogens is 466 g/mol. The molecule has 9 nitrogen and oxygen atoms in total. The van der Waals surface area contributed by atoms with Gasteiger partial charge in [-0.25, -0.2) is 0 Å². The van der Waals surface area contributed by atoms with Gasteiger partial charge in [0, 0.05) is 42.0 Å². The minimum absolute atomic E-state index is 0.0345. The van der Waals surface area contributed by atoms with Crippen LogP contribution < -0.4 is 10.6 Å². The Morgan fingerprint density at radius 1 is 0.919 bits per heavy atom. The highest BCUT2D eigenvalue weighted by Gasteiger charge is 2.30. The number of carbonyl (C=O) groups is 2. The van der Waals surface area contributed by atoms with Gasteiger partial charge >= 0.3 is 0 Å². The monoisotopic (exact) mass is 495 g/mol. The topological polar surface area (TPSA) is 116 Å². The van der Waals surface area contributed by atoms with E-state index in [1.807, 2.05) is 30.6 Å². The van der Waals surface area contributed by atoms with Crippen LogP contribution >= 0.6 is 0 Å². The van der Waals surface area contributed by atoms with Crippen molar-refractivity contribution in [2.45, 2.75) is 38.6 Å². The number of benzene rings is 1. The van der Waals surface area contributed by atoms with Crippen molar-refractivity contribution in [3.05, 3.63) is 66.4 Å².